The summed E-state index contributed by atoms with van der Waals surface area (Å²) in [4.78, 5) is 0. The molecule has 18 heavy (non-hydrogen) atoms. The van der Waals surface area contributed by atoms with E-state index >= 15 is 0 Å². The molecule has 0 radical (unpaired) electrons. The number of hydrogen-bond donors (Lipinski definition) is 1. The molecular formula is C15H20ClFO. The summed E-state index contributed by atoms with van der Waals surface area (Å²) in [5, 5.41) is 11.3. The molecular weight excluding hydrogens is 251 g/mol. The molecule has 0 bridgehead atoms. The van der Waals surface area contributed by atoms with Crippen molar-refractivity contribution in [2.45, 2.75) is 45.1 Å². The lowest BCUT2D eigenvalue weighted by atomic mass is 9.71. The highest BCUT2D eigenvalue weighted by Gasteiger charge is 2.38. The third kappa shape index (κ3) is 2.70. The van der Waals surface area contributed by atoms with Crippen LogP contribution in [-0.4, -0.2) is 5.11 Å². The molecule has 100 valence electrons. The number of rotatable bonds is 2. The fourth-order valence-electron chi connectivity index (χ4n) is 2.96. The molecule has 2 unspecified atom stereocenters. The van der Waals surface area contributed by atoms with Crippen LogP contribution in [0.4, 0.5) is 4.39 Å². The lowest BCUT2D eigenvalue weighted by Gasteiger charge is -2.39. The molecule has 0 saturated heterocycles. The summed E-state index contributed by atoms with van der Waals surface area (Å²) in [6, 6.07) is 4.24. The van der Waals surface area contributed by atoms with Gasteiger partial charge >= 0.3 is 0 Å². The minimum absolute atomic E-state index is 0.338. The van der Waals surface area contributed by atoms with Gasteiger partial charge in [0, 0.05) is 10.6 Å². The third-order valence-corrected chi connectivity index (χ3v) is 4.47. The molecule has 0 aromatic heterocycles. The number of hydrogen-bond acceptors (Lipinski definition) is 1. The molecule has 1 N–H and O–H groups in total. The summed E-state index contributed by atoms with van der Waals surface area (Å²) >= 11 is 6.12. The Bertz CT molecular complexity index is 433. The Morgan fingerprint density at radius 2 is 2.17 bits per heavy atom. The van der Waals surface area contributed by atoms with E-state index in [1.54, 1.807) is 0 Å². The van der Waals surface area contributed by atoms with E-state index in [1.807, 2.05) is 0 Å². The first-order chi connectivity index (χ1) is 8.42. The Morgan fingerprint density at radius 3 is 2.83 bits per heavy atom. The molecule has 1 aromatic rings. The predicted molar refractivity (Wildman–Crippen MR) is 72.1 cm³/mol. The molecule has 0 amide bonds. The average molecular weight is 271 g/mol. The smallest absolute Gasteiger partial charge is 0.123 e. The van der Waals surface area contributed by atoms with E-state index in [-0.39, 0.29) is 5.82 Å². The highest BCUT2D eigenvalue weighted by atomic mass is 35.5. The van der Waals surface area contributed by atoms with Crippen molar-refractivity contribution >= 4 is 11.6 Å². The Hall–Kier alpha value is -0.600. The number of benzene rings is 1. The molecule has 1 aliphatic carbocycles. The van der Waals surface area contributed by atoms with Gasteiger partial charge in [-0.15, -0.1) is 0 Å². The maximum absolute atomic E-state index is 13.4. The molecule has 0 spiro atoms. The molecule has 3 heteroatoms. The summed E-state index contributed by atoms with van der Waals surface area (Å²) in [5.74, 6) is 0.668. The summed E-state index contributed by atoms with van der Waals surface area (Å²) in [7, 11) is 0. The molecule has 1 aromatic carbocycles. The first kappa shape index (κ1) is 13.8. The zero-order chi connectivity index (χ0) is 13.3. The Morgan fingerprint density at radius 1 is 1.44 bits per heavy atom. The van der Waals surface area contributed by atoms with Gasteiger partial charge in [0.2, 0.25) is 0 Å². The van der Waals surface area contributed by atoms with E-state index in [4.69, 9.17) is 11.6 Å². The zero-order valence-electron chi connectivity index (χ0n) is 10.9. The largest absolute Gasteiger partial charge is 0.385 e. The maximum Gasteiger partial charge on any atom is 0.123 e. The van der Waals surface area contributed by atoms with E-state index < -0.39 is 5.60 Å². The van der Waals surface area contributed by atoms with Gasteiger partial charge in [-0.1, -0.05) is 25.4 Å². The number of halogens is 2. The SMILES string of the molecule is CC(C)C1CCCC(O)(c2cc(F)ccc2Cl)C1. The minimum atomic E-state index is -0.966. The molecule has 2 atom stereocenters. The molecule has 1 saturated carbocycles. The van der Waals surface area contributed by atoms with Crippen LogP contribution in [0, 0.1) is 17.7 Å². The van der Waals surface area contributed by atoms with Crippen LogP contribution in [0.2, 0.25) is 5.02 Å². The minimum Gasteiger partial charge on any atom is -0.385 e. The van der Waals surface area contributed by atoms with Crippen molar-refractivity contribution in [3.8, 4) is 0 Å². The van der Waals surface area contributed by atoms with Gasteiger partial charge in [-0.2, -0.15) is 0 Å². The quantitative estimate of drug-likeness (QED) is 0.838. The van der Waals surface area contributed by atoms with E-state index in [0.29, 0.717) is 35.3 Å². The van der Waals surface area contributed by atoms with Gasteiger partial charge in [-0.25, -0.2) is 4.39 Å². The van der Waals surface area contributed by atoms with E-state index in [1.165, 1.54) is 18.2 Å². The van der Waals surface area contributed by atoms with E-state index in [9.17, 15) is 9.50 Å². The van der Waals surface area contributed by atoms with Crippen LogP contribution < -0.4 is 0 Å². The second-order valence-corrected chi connectivity index (χ2v) is 6.16. The van der Waals surface area contributed by atoms with Crippen molar-refractivity contribution < 1.29 is 9.50 Å². The van der Waals surface area contributed by atoms with Crippen LogP contribution in [0.3, 0.4) is 0 Å². The van der Waals surface area contributed by atoms with Crippen molar-refractivity contribution in [2.75, 3.05) is 0 Å². The van der Waals surface area contributed by atoms with Gasteiger partial charge in [-0.3, -0.25) is 0 Å². The zero-order valence-corrected chi connectivity index (χ0v) is 11.7. The fraction of sp³-hybridized carbons (Fsp3) is 0.600. The van der Waals surface area contributed by atoms with E-state index in [2.05, 4.69) is 13.8 Å². The standard InChI is InChI=1S/C15H20ClFO/c1-10(2)11-4-3-7-15(18,9-11)13-8-12(17)5-6-14(13)16/h5-6,8,10-11,18H,3-4,7,9H2,1-2H3. The van der Waals surface area contributed by atoms with Crippen molar-refractivity contribution in [3.05, 3.63) is 34.6 Å². The van der Waals surface area contributed by atoms with Crippen molar-refractivity contribution in [3.63, 3.8) is 0 Å². The van der Waals surface area contributed by atoms with Crippen molar-refractivity contribution in [2.24, 2.45) is 11.8 Å². The van der Waals surface area contributed by atoms with Gasteiger partial charge < -0.3 is 5.11 Å². The molecule has 0 heterocycles. The van der Waals surface area contributed by atoms with Crippen LogP contribution in [0.25, 0.3) is 0 Å². The van der Waals surface area contributed by atoms with Crippen LogP contribution >= 0.6 is 11.6 Å². The van der Waals surface area contributed by atoms with Crippen LogP contribution in [0.15, 0.2) is 18.2 Å². The van der Waals surface area contributed by atoms with Gasteiger partial charge in [0.1, 0.15) is 5.82 Å². The summed E-state index contributed by atoms with van der Waals surface area (Å²) < 4.78 is 13.4. The average Bonchev–Trinajstić information content (AvgIpc) is 2.32. The van der Waals surface area contributed by atoms with E-state index in [0.717, 1.165) is 12.8 Å². The molecule has 1 fully saturated rings. The molecule has 1 nitrogen and oxygen atoms in total. The molecule has 1 aliphatic rings. The first-order valence-electron chi connectivity index (χ1n) is 6.60. The van der Waals surface area contributed by atoms with Crippen LogP contribution in [0.5, 0.6) is 0 Å². The lowest BCUT2D eigenvalue weighted by Crippen LogP contribution is -2.34. The van der Waals surface area contributed by atoms with Crippen molar-refractivity contribution in [1.29, 1.82) is 0 Å². The highest BCUT2D eigenvalue weighted by Crippen LogP contribution is 2.44. The van der Waals surface area contributed by atoms with Crippen LogP contribution in [0.1, 0.15) is 45.1 Å². The maximum atomic E-state index is 13.4. The summed E-state index contributed by atoms with van der Waals surface area (Å²) in [6.45, 7) is 4.34. The van der Waals surface area contributed by atoms with Gasteiger partial charge in [0.15, 0.2) is 0 Å². The monoisotopic (exact) mass is 270 g/mol. The highest BCUT2D eigenvalue weighted by molar-refractivity contribution is 6.31. The Balaban J connectivity index is 2.32. The second-order valence-electron chi connectivity index (χ2n) is 5.76. The van der Waals surface area contributed by atoms with Crippen LogP contribution in [-0.2, 0) is 5.60 Å². The molecule has 2 rings (SSSR count). The second kappa shape index (κ2) is 5.18. The molecule has 0 aliphatic heterocycles. The first-order valence-corrected chi connectivity index (χ1v) is 6.98. The Labute approximate surface area is 113 Å². The number of aliphatic hydroxyl groups is 1. The summed E-state index contributed by atoms with van der Waals surface area (Å²) in [5.41, 5.74) is -0.415. The fourth-order valence-corrected chi connectivity index (χ4v) is 3.26. The topological polar surface area (TPSA) is 20.2 Å². The van der Waals surface area contributed by atoms with Gasteiger partial charge in [-0.05, 0) is 55.7 Å². The summed E-state index contributed by atoms with van der Waals surface area (Å²) in [6.07, 6.45) is 3.44. The normalized spacial score (nSPS) is 28.7. The Kier molecular flexibility index (Phi) is 3.98. The predicted octanol–water partition coefficient (Wildman–Crippen LogP) is 4.51. The van der Waals surface area contributed by atoms with Gasteiger partial charge in [0.25, 0.3) is 0 Å². The third-order valence-electron chi connectivity index (χ3n) is 4.14. The van der Waals surface area contributed by atoms with Gasteiger partial charge in [0.05, 0.1) is 5.60 Å². The van der Waals surface area contributed by atoms with Crippen molar-refractivity contribution in [1.82, 2.24) is 0 Å². The lowest BCUT2D eigenvalue weighted by molar-refractivity contribution is -0.0296.